The second-order valence-electron chi connectivity index (χ2n) is 5.75. The van der Waals surface area contributed by atoms with Crippen LogP contribution < -0.4 is 15.8 Å². The molecule has 1 aliphatic heterocycles. The minimum atomic E-state index is -0.747. The standard InChI is InChI=1S/C18H18F2N2O3.ClH/c19-11-7-12(20)9-14(8-11)25-16-4-2-1-3-15(16)22-18(23)17-6-5-13(10-21)24-17;/h1-4,7-9,13,17H,5-6,10,21H2,(H,22,23);1H/t13-,17+;/m1./s1. The van der Waals surface area contributed by atoms with Gasteiger partial charge in [-0.3, -0.25) is 4.79 Å². The molecule has 0 unspecified atom stereocenters. The number of hydrogen-bond acceptors (Lipinski definition) is 4. The van der Waals surface area contributed by atoms with E-state index in [1.807, 2.05) is 0 Å². The highest BCUT2D eigenvalue weighted by Gasteiger charge is 2.30. The molecule has 0 radical (unpaired) electrons. The third kappa shape index (κ3) is 4.91. The topological polar surface area (TPSA) is 73.6 Å². The molecule has 2 atom stereocenters. The minimum Gasteiger partial charge on any atom is -0.455 e. The maximum atomic E-state index is 13.3. The second-order valence-corrected chi connectivity index (χ2v) is 5.75. The monoisotopic (exact) mass is 384 g/mol. The second kappa shape index (κ2) is 8.93. The molecule has 0 bridgehead atoms. The summed E-state index contributed by atoms with van der Waals surface area (Å²) in [5, 5.41) is 2.73. The van der Waals surface area contributed by atoms with Gasteiger partial charge in [-0.15, -0.1) is 12.4 Å². The first-order valence-electron chi connectivity index (χ1n) is 7.94. The summed E-state index contributed by atoms with van der Waals surface area (Å²) in [6.07, 6.45) is 0.631. The summed E-state index contributed by atoms with van der Waals surface area (Å²) < 4.78 is 37.7. The van der Waals surface area contributed by atoms with Crippen molar-refractivity contribution < 1.29 is 23.0 Å². The molecule has 1 saturated heterocycles. The Morgan fingerprint density at radius 3 is 2.54 bits per heavy atom. The van der Waals surface area contributed by atoms with Gasteiger partial charge in [0.15, 0.2) is 5.75 Å². The van der Waals surface area contributed by atoms with Gasteiger partial charge in [-0.25, -0.2) is 8.78 Å². The van der Waals surface area contributed by atoms with Crippen LogP contribution in [-0.4, -0.2) is 24.7 Å². The molecule has 140 valence electrons. The quantitative estimate of drug-likeness (QED) is 0.825. The maximum absolute atomic E-state index is 13.3. The summed E-state index contributed by atoms with van der Waals surface area (Å²) >= 11 is 0. The van der Waals surface area contributed by atoms with E-state index in [9.17, 15) is 13.6 Å². The fraction of sp³-hybridized carbons (Fsp3) is 0.278. The van der Waals surface area contributed by atoms with Crippen molar-refractivity contribution in [3.8, 4) is 11.5 Å². The van der Waals surface area contributed by atoms with Crippen LogP contribution in [0.5, 0.6) is 11.5 Å². The summed E-state index contributed by atoms with van der Waals surface area (Å²) in [6.45, 7) is 0.370. The average Bonchev–Trinajstić information content (AvgIpc) is 3.05. The normalized spacial score (nSPS) is 18.9. The molecule has 8 heteroatoms. The zero-order valence-electron chi connectivity index (χ0n) is 13.8. The maximum Gasteiger partial charge on any atom is 0.253 e. The van der Waals surface area contributed by atoms with Crippen LogP contribution in [0.25, 0.3) is 0 Å². The smallest absolute Gasteiger partial charge is 0.253 e. The number of benzene rings is 2. The molecule has 1 amide bonds. The van der Waals surface area contributed by atoms with Gasteiger partial charge in [-0.2, -0.15) is 0 Å². The fourth-order valence-electron chi connectivity index (χ4n) is 2.66. The molecule has 26 heavy (non-hydrogen) atoms. The van der Waals surface area contributed by atoms with E-state index in [-0.39, 0.29) is 35.9 Å². The number of halogens is 3. The molecule has 2 aromatic carbocycles. The Morgan fingerprint density at radius 2 is 1.88 bits per heavy atom. The predicted molar refractivity (Wildman–Crippen MR) is 95.7 cm³/mol. The van der Waals surface area contributed by atoms with Crippen molar-refractivity contribution in [1.29, 1.82) is 0 Å². The van der Waals surface area contributed by atoms with Crippen LogP contribution in [-0.2, 0) is 9.53 Å². The highest BCUT2D eigenvalue weighted by atomic mass is 35.5. The molecule has 3 rings (SSSR count). The molecule has 3 N–H and O–H groups in total. The largest absolute Gasteiger partial charge is 0.455 e. The first-order chi connectivity index (χ1) is 12.0. The molecular formula is C18H19ClF2N2O3. The van der Waals surface area contributed by atoms with Gasteiger partial charge in [0.2, 0.25) is 0 Å². The number of carbonyl (C=O) groups excluding carboxylic acids is 1. The lowest BCUT2D eigenvalue weighted by Gasteiger charge is -2.15. The van der Waals surface area contributed by atoms with E-state index in [4.69, 9.17) is 15.2 Å². The van der Waals surface area contributed by atoms with E-state index in [1.54, 1.807) is 24.3 Å². The number of rotatable bonds is 5. The van der Waals surface area contributed by atoms with Gasteiger partial charge >= 0.3 is 0 Å². The van der Waals surface area contributed by atoms with Crippen LogP contribution in [0.4, 0.5) is 14.5 Å². The third-order valence-electron chi connectivity index (χ3n) is 3.87. The molecule has 0 aliphatic carbocycles. The molecule has 1 aliphatic rings. The van der Waals surface area contributed by atoms with Gasteiger partial charge in [-0.1, -0.05) is 12.1 Å². The Hall–Kier alpha value is -2.22. The van der Waals surface area contributed by atoms with Crippen LogP contribution in [0.1, 0.15) is 12.8 Å². The van der Waals surface area contributed by atoms with Crippen molar-refractivity contribution in [2.24, 2.45) is 5.73 Å². The summed E-state index contributed by atoms with van der Waals surface area (Å²) in [7, 11) is 0. The van der Waals surface area contributed by atoms with Gasteiger partial charge < -0.3 is 20.5 Å². The highest BCUT2D eigenvalue weighted by Crippen LogP contribution is 2.31. The van der Waals surface area contributed by atoms with Crippen molar-refractivity contribution in [3.05, 3.63) is 54.1 Å². The molecule has 1 heterocycles. The Labute approximate surface area is 155 Å². The minimum absolute atomic E-state index is 0. The molecule has 0 saturated carbocycles. The van der Waals surface area contributed by atoms with Crippen LogP contribution >= 0.6 is 12.4 Å². The first kappa shape index (κ1) is 20.1. The zero-order valence-corrected chi connectivity index (χ0v) is 14.6. The Kier molecular flexibility index (Phi) is 6.90. The zero-order chi connectivity index (χ0) is 17.8. The summed E-state index contributed by atoms with van der Waals surface area (Å²) in [6, 6.07) is 9.52. The van der Waals surface area contributed by atoms with Gasteiger partial charge in [0.05, 0.1) is 11.8 Å². The first-order valence-corrected chi connectivity index (χ1v) is 7.94. The van der Waals surface area contributed by atoms with Crippen LogP contribution in [0.3, 0.4) is 0 Å². The summed E-state index contributed by atoms with van der Waals surface area (Å²) in [4.78, 5) is 12.3. The van der Waals surface area contributed by atoms with Crippen LogP contribution in [0, 0.1) is 11.6 Å². The molecule has 1 fully saturated rings. The molecular weight excluding hydrogens is 366 g/mol. The van der Waals surface area contributed by atoms with Gasteiger partial charge in [0.1, 0.15) is 23.5 Å². The SMILES string of the molecule is Cl.NC[C@H]1CC[C@@H](C(=O)Nc2ccccc2Oc2cc(F)cc(F)c2)O1. The van der Waals surface area contributed by atoms with Crippen molar-refractivity contribution in [1.82, 2.24) is 0 Å². The number of para-hydroxylation sites is 2. The van der Waals surface area contributed by atoms with Gasteiger partial charge in [0, 0.05) is 24.7 Å². The Bertz CT molecular complexity index is 756. The molecule has 0 aromatic heterocycles. The number of nitrogens with one attached hydrogen (secondary N) is 1. The lowest BCUT2D eigenvalue weighted by molar-refractivity contribution is -0.126. The lowest BCUT2D eigenvalue weighted by Crippen LogP contribution is -2.29. The number of ether oxygens (including phenoxy) is 2. The van der Waals surface area contributed by atoms with E-state index < -0.39 is 17.7 Å². The van der Waals surface area contributed by atoms with Crippen LogP contribution in [0.15, 0.2) is 42.5 Å². The van der Waals surface area contributed by atoms with E-state index >= 15 is 0 Å². The Balaban J connectivity index is 0.00000243. The predicted octanol–water partition coefficient (Wildman–Crippen LogP) is 3.62. The van der Waals surface area contributed by atoms with E-state index in [0.29, 0.717) is 18.7 Å². The van der Waals surface area contributed by atoms with Crippen molar-refractivity contribution in [3.63, 3.8) is 0 Å². The lowest BCUT2D eigenvalue weighted by atomic mass is 10.2. The average molecular weight is 385 g/mol. The number of anilines is 1. The number of nitrogens with two attached hydrogens (primary N) is 1. The number of amides is 1. The Morgan fingerprint density at radius 1 is 1.19 bits per heavy atom. The molecule has 5 nitrogen and oxygen atoms in total. The van der Waals surface area contributed by atoms with Crippen LogP contribution in [0.2, 0.25) is 0 Å². The fourth-order valence-corrected chi connectivity index (χ4v) is 2.66. The summed E-state index contributed by atoms with van der Waals surface area (Å²) in [5.74, 6) is -1.53. The van der Waals surface area contributed by atoms with Crippen molar-refractivity contribution >= 4 is 24.0 Å². The van der Waals surface area contributed by atoms with E-state index in [2.05, 4.69) is 5.32 Å². The number of hydrogen-bond donors (Lipinski definition) is 2. The summed E-state index contributed by atoms with van der Waals surface area (Å²) in [5.41, 5.74) is 5.93. The molecule has 2 aromatic rings. The number of carbonyl (C=O) groups is 1. The van der Waals surface area contributed by atoms with Crippen molar-refractivity contribution in [2.45, 2.75) is 25.0 Å². The van der Waals surface area contributed by atoms with Gasteiger partial charge in [-0.05, 0) is 25.0 Å². The molecule has 0 spiro atoms. The highest BCUT2D eigenvalue weighted by molar-refractivity contribution is 5.95. The van der Waals surface area contributed by atoms with Gasteiger partial charge in [0.25, 0.3) is 5.91 Å². The van der Waals surface area contributed by atoms with E-state index in [0.717, 1.165) is 24.6 Å². The van der Waals surface area contributed by atoms with Crippen molar-refractivity contribution in [2.75, 3.05) is 11.9 Å². The third-order valence-corrected chi connectivity index (χ3v) is 3.87. The van der Waals surface area contributed by atoms with E-state index in [1.165, 1.54) is 0 Å².